The van der Waals surface area contributed by atoms with Gasteiger partial charge in [-0.15, -0.1) is 11.3 Å². The lowest BCUT2D eigenvalue weighted by atomic mass is 10.1. The Hall–Kier alpha value is -1.91. The minimum absolute atomic E-state index is 0.695. The molecule has 0 spiro atoms. The predicted octanol–water partition coefficient (Wildman–Crippen LogP) is 5.72. The molecule has 0 fully saturated rings. The Balaban J connectivity index is 1.59. The van der Waals surface area contributed by atoms with E-state index in [1.54, 1.807) is 17.6 Å². The summed E-state index contributed by atoms with van der Waals surface area (Å²) in [5.74, 6) is 1.52. The van der Waals surface area contributed by atoms with E-state index in [-0.39, 0.29) is 0 Å². The van der Waals surface area contributed by atoms with Crippen molar-refractivity contribution in [1.29, 1.82) is 5.26 Å². The zero-order valence-corrected chi connectivity index (χ0v) is 15.7. The number of thiophene rings is 1. The Bertz CT molecular complexity index is 960. The molecule has 0 unspecified atom stereocenters. The Kier molecular flexibility index (Phi) is 4.25. The van der Waals surface area contributed by atoms with Crippen LogP contribution in [0.1, 0.15) is 28.2 Å². The van der Waals surface area contributed by atoms with Crippen molar-refractivity contribution in [3.63, 3.8) is 0 Å². The largest absolute Gasteiger partial charge is 0.455 e. The summed E-state index contributed by atoms with van der Waals surface area (Å²) in [6.07, 6.45) is 4.93. The lowest BCUT2D eigenvalue weighted by Crippen LogP contribution is -1.80. The fraction of sp³-hybridized carbons (Fsp3) is 0.158. The summed E-state index contributed by atoms with van der Waals surface area (Å²) in [6.45, 7) is 0. The molecule has 0 amide bonds. The van der Waals surface area contributed by atoms with Crippen molar-refractivity contribution in [3.8, 4) is 17.4 Å². The molecular formula is C19H13IN2OS. The van der Waals surface area contributed by atoms with E-state index in [9.17, 15) is 5.26 Å². The Morgan fingerprint density at radius 1 is 1.17 bits per heavy atom. The molecular weight excluding hydrogens is 431 g/mol. The van der Waals surface area contributed by atoms with E-state index in [0.717, 1.165) is 41.2 Å². The number of aryl methyl sites for hydroxylation is 1. The molecule has 3 nitrogen and oxygen atoms in total. The minimum Gasteiger partial charge on any atom is -0.455 e. The van der Waals surface area contributed by atoms with Gasteiger partial charge in [-0.3, -0.25) is 0 Å². The normalized spacial score (nSPS) is 13.3. The number of fused-ring (bicyclic) bond motifs is 1. The number of rotatable bonds is 3. The van der Waals surface area contributed by atoms with Gasteiger partial charge in [-0.05, 0) is 71.7 Å². The van der Waals surface area contributed by atoms with Gasteiger partial charge in [-0.25, -0.2) is 4.99 Å². The van der Waals surface area contributed by atoms with E-state index in [4.69, 9.17) is 4.42 Å². The van der Waals surface area contributed by atoms with Gasteiger partial charge in [0.05, 0.1) is 11.8 Å². The molecule has 2 heterocycles. The highest BCUT2D eigenvalue weighted by Crippen LogP contribution is 2.40. The third kappa shape index (κ3) is 2.92. The third-order valence-corrected chi connectivity index (χ3v) is 6.00. The number of halogens is 1. The molecule has 0 saturated heterocycles. The van der Waals surface area contributed by atoms with E-state index in [1.165, 1.54) is 14.0 Å². The summed E-state index contributed by atoms with van der Waals surface area (Å²) in [4.78, 5) is 5.83. The maximum absolute atomic E-state index is 9.40. The fourth-order valence-corrected chi connectivity index (χ4v) is 4.45. The van der Waals surface area contributed by atoms with Gasteiger partial charge in [0, 0.05) is 14.0 Å². The molecule has 1 aliphatic rings. The first-order valence-corrected chi connectivity index (χ1v) is 9.58. The molecule has 118 valence electrons. The van der Waals surface area contributed by atoms with Crippen molar-refractivity contribution in [2.45, 2.75) is 19.3 Å². The zero-order chi connectivity index (χ0) is 16.5. The monoisotopic (exact) mass is 444 g/mol. The van der Waals surface area contributed by atoms with Gasteiger partial charge in [0.1, 0.15) is 22.6 Å². The number of hydrogen-bond donors (Lipinski definition) is 0. The van der Waals surface area contributed by atoms with Crippen LogP contribution >= 0.6 is 33.9 Å². The molecule has 1 aromatic carbocycles. The zero-order valence-electron chi connectivity index (χ0n) is 12.8. The first-order valence-electron chi connectivity index (χ1n) is 7.69. The number of furan rings is 1. The number of nitriles is 1. The smallest absolute Gasteiger partial charge is 0.145 e. The molecule has 0 atom stereocenters. The van der Waals surface area contributed by atoms with Crippen LogP contribution in [0.5, 0.6) is 0 Å². The van der Waals surface area contributed by atoms with Crippen LogP contribution in [-0.4, -0.2) is 6.21 Å². The van der Waals surface area contributed by atoms with Crippen LogP contribution in [0, 0.1) is 14.9 Å². The van der Waals surface area contributed by atoms with Crippen LogP contribution in [0.2, 0.25) is 0 Å². The van der Waals surface area contributed by atoms with Crippen molar-refractivity contribution in [3.05, 3.63) is 61.7 Å². The van der Waals surface area contributed by atoms with Gasteiger partial charge in [0.25, 0.3) is 0 Å². The Labute approximate surface area is 157 Å². The number of nitrogens with zero attached hydrogens (tertiary/aromatic N) is 2. The highest BCUT2D eigenvalue weighted by atomic mass is 127. The molecule has 1 aliphatic carbocycles. The first kappa shape index (κ1) is 15.6. The number of aliphatic imine (C=N–C) groups is 1. The van der Waals surface area contributed by atoms with Gasteiger partial charge in [0.15, 0.2) is 0 Å². The third-order valence-electron chi connectivity index (χ3n) is 4.08. The average Bonchev–Trinajstić information content (AvgIpc) is 3.29. The van der Waals surface area contributed by atoms with Crippen molar-refractivity contribution < 1.29 is 4.42 Å². The van der Waals surface area contributed by atoms with Crippen molar-refractivity contribution in [1.82, 2.24) is 0 Å². The molecule has 0 bridgehead atoms. The van der Waals surface area contributed by atoms with Crippen LogP contribution in [0.15, 0.2) is 45.8 Å². The molecule has 0 aliphatic heterocycles. The van der Waals surface area contributed by atoms with E-state index in [1.807, 2.05) is 24.3 Å². The molecule has 2 aromatic heterocycles. The molecule has 0 radical (unpaired) electrons. The Morgan fingerprint density at radius 3 is 2.79 bits per heavy atom. The van der Waals surface area contributed by atoms with Gasteiger partial charge >= 0.3 is 0 Å². The molecule has 24 heavy (non-hydrogen) atoms. The highest BCUT2D eigenvalue weighted by Gasteiger charge is 2.21. The molecule has 3 aromatic rings. The summed E-state index contributed by atoms with van der Waals surface area (Å²) in [5.41, 5.74) is 2.99. The van der Waals surface area contributed by atoms with Crippen LogP contribution < -0.4 is 0 Å². The Morgan fingerprint density at radius 2 is 2.00 bits per heavy atom. The van der Waals surface area contributed by atoms with E-state index >= 15 is 0 Å². The van der Waals surface area contributed by atoms with Crippen LogP contribution in [0.25, 0.3) is 11.3 Å². The lowest BCUT2D eigenvalue weighted by molar-refractivity contribution is 0.575. The summed E-state index contributed by atoms with van der Waals surface area (Å²) in [7, 11) is 0. The maximum Gasteiger partial charge on any atom is 0.145 e. The van der Waals surface area contributed by atoms with Crippen molar-refractivity contribution in [2.24, 2.45) is 4.99 Å². The van der Waals surface area contributed by atoms with Gasteiger partial charge < -0.3 is 4.42 Å². The van der Waals surface area contributed by atoms with Crippen LogP contribution in [0.4, 0.5) is 5.00 Å². The first-order chi connectivity index (χ1) is 11.7. The number of hydrogen-bond acceptors (Lipinski definition) is 4. The van der Waals surface area contributed by atoms with E-state index < -0.39 is 0 Å². The van der Waals surface area contributed by atoms with Crippen molar-refractivity contribution >= 4 is 45.1 Å². The standard InChI is InChI=1S/C19H13IN2OS/c20-13-6-4-12(5-7-13)17-9-8-14(23-17)11-22-19-16(10-21)15-2-1-3-18(15)24-19/h4-9,11H,1-3H2/b22-11+. The van der Waals surface area contributed by atoms with Gasteiger partial charge in [0.2, 0.25) is 0 Å². The summed E-state index contributed by atoms with van der Waals surface area (Å²) in [5, 5.41) is 10.2. The quantitative estimate of drug-likeness (QED) is 0.383. The van der Waals surface area contributed by atoms with E-state index in [0.29, 0.717) is 5.76 Å². The molecule has 5 heteroatoms. The average molecular weight is 444 g/mol. The molecule has 4 rings (SSSR count). The van der Waals surface area contributed by atoms with Crippen molar-refractivity contribution in [2.75, 3.05) is 0 Å². The second kappa shape index (κ2) is 6.54. The van der Waals surface area contributed by atoms with Gasteiger partial charge in [-0.1, -0.05) is 12.1 Å². The summed E-state index contributed by atoms with van der Waals surface area (Å²) < 4.78 is 7.05. The lowest BCUT2D eigenvalue weighted by Gasteiger charge is -1.96. The fourth-order valence-electron chi connectivity index (χ4n) is 2.91. The summed E-state index contributed by atoms with van der Waals surface area (Å²) in [6, 6.07) is 14.4. The molecule has 0 N–H and O–H groups in total. The second-order valence-electron chi connectivity index (χ2n) is 5.62. The number of benzene rings is 1. The van der Waals surface area contributed by atoms with Crippen LogP contribution in [0.3, 0.4) is 0 Å². The maximum atomic E-state index is 9.40. The highest BCUT2D eigenvalue weighted by molar-refractivity contribution is 14.1. The SMILES string of the molecule is N#Cc1c(/N=C/c2ccc(-c3ccc(I)cc3)o2)sc2c1CCC2. The van der Waals surface area contributed by atoms with Crippen LogP contribution in [-0.2, 0) is 12.8 Å². The molecule has 0 saturated carbocycles. The second-order valence-corrected chi connectivity index (χ2v) is 7.95. The minimum atomic E-state index is 0.695. The van der Waals surface area contributed by atoms with Gasteiger partial charge in [-0.2, -0.15) is 5.26 Å². The summed E-state index contributed by atoms with van der Waals surface area (Å²) >= 11 is 3.92. The van der Waals surface area contributed by atoms with E-state index in [2.05, 4.69) is 45.8 Å². The predicted molar refractivity (Wildman–Crippen MR) is 105 cm³/mol. The topological polar surface area (TPSA) is 49.3 Å².